The largest absolute Gasteiger partial charge is 0.495 e. The summed E-state index contributed by atoms with van der Waals surface area (Å²) in [4.78, 5) is 28.5. The van der Waals surface area contributed by atoms with Crippen LogP contribution in [0.25, 0.3) is 0 Å². The molecule has 3 aromatic rings. The van der Waals surface area contributed by atoms with E-state index in [1.165, 1.54) is 24.1 Å². The number of sulfonamides is 1. The molecule has 0 spiro atoms. The summed E-state index contributed by atoms with van der Waals surface area (Å²) in [6, 6.07) is 15.3. The minimum Gasteiger partial charge on any atom is -0.495 e. The predicted octanol–water partition coefficient (Wildman–Crippen LogP) is 5.76. The molecule has 0 radical (unpaired) electrons. The number of nitrogens with one attached hydrogen (secondary N) is 1. The first kappa shape index (κ1) is 32.2. The Balaban J connectivity index is 2.11. The third kappa shape index (κ3) is 7.93. The molecule has 8 nitrogen and oxygen atoms in total. The Kier molecular flexibility index (Phi) is 10.7. The number of carbonyl (C=O) groups is 2. The molecule has 0 fully saturated rings. The quantitative estimate of drug-likeness (QED) is 0.294. The minimum absolute atomic E-state index is 0.00816. The number of rotatable bonds is 11. The van der Waals surface area contributed by atoms with Gasteiger partial charge in [-0.05, 0) is 82.1 Å². The second kappa shape index (κ2) is 13.6. The highest BCUT2D eigenvalue weighted by Crippen LogP contribution is 2.34. The van der Waals surface area contributed by atoms with E-state index in [1.807, 2.05) is 27.7 Å². The zero-order valence-corrected chi connectivity index (χ0v) is 26.3. The van der Waals surface area contributed by atoms with Gasteiger partial charge in [-0.3, -0.25) is 13.9 Å². The topological polar surface area (TPSA) is 96.0 Å². The highest BCUT2D eigenvalue weighted by Gasteiger charge is 2.34. The lowest BCUT2D eigenvalue weighted by molar-refractivity contribution is -0.139. The highest BCUT2D eigenvalue weighted by molar-refractivity contribution is 7.92. The number of benzene rings is 3. The molecule has 0 saturated heterocycles. The van der Waals surface area contributed by atoms with Crippen LogP contribution in [-0.4, -0.2) is 50.9 Å². The smallest absolute Gasteiger partial charge is 0.264 e. The van der Waals surface area contributed by atoms with E-state index in [0.717, 1.165) is 15.4 Å². The maximum absolute atomic E-state index is 14.1. The van der Waals surface area contributed by atoms with Crippen LogP contribution in [0.2, 0.25) is 10.0 Å². The van der Waals surface area contributed by atoms with Gasteiger partial charge >= 0.3 is 0 Å². The van der Waals surface area contributed by atoms with Crippen molar-refractivity contribution in [3.63, 3.8) is 0 Å². The Morgan fingerprint density at radius 2 is 1.54 bits per heavy atom. The van der Waals surface area contributed by atoms with Gasteiger partial charge in [0.15, 0.2) is 0 Å². The van der Waals surface area contributed by atoms with Gasteiger partial charge in [0.2, 0.25) is 11.8 Å². The van der Waals surface area contributed by atoms with E-state index in [4.69, 9.17) is 27.9 Å². The number of amides is 2. The Morgan fingerprint density at radius 1 is 0.902 bits per heavy atom. The molecular formula is C30H35Cl2N3O5S. The molecule has 41 heavy (non-hydrogen) atoms. The van der Waals surface area contributed by atoms with E-state index in [9.17, 15) is 18.0 Å². The zero-order valence-electron chi connectivity index (χ0n) is 23.9. The Bertz CT molecular complexity index is 1510. The summed E-state index contributed by atoms with van der Waals surface area (Å²) in [5.41, 5.74) is 2.49. The molecule has 3 aromatic carbocycles. The average Bonchev–Trinajstić information content (AvgIpc) is 2.91. The van der Waals surface area contributed by atoms with Gasteiger partial charge in [0, 0.05) is 12.6 Å². The zero-order chi connectivity index (χ0) is 30.5. The van der Waals surface area contributed by atoms with Crippen molar-refractivity contribution in [2.24, 2.45) is 0 Å². The van der Waals surface area contributed by atoms with E-state index in [0.29, 0.717) is 15.6 Å². The average molecular weight is 621 g/mol. The van der Waals surface area contributed by atoms with Crippen LogP contribution in [0.15, 0.2) is 65.6 Å². The van der Waals surface area contributed by atoms with Crippen molar-refractivity contribution in [2.45, 2.75) is 58.1 Å². The van der Waals surface area contributed by atoms with Gasteiger partial charge in [-0.2, -0.15) is 0 Å². The maximum atomic E-state index is 14.1. The van der Waals surface area contributed by atoms with Gasteiger partial charge in [0.05, 0.1) is 27.7 Å². The first-order valence-electron chi connectivity index (χ1n) is 13.0. The van der Waals surface area contributed by atoms with Gasteiger partial charge < -0.3 is 15.0 Å². The molecule has 2 amide bonds. The van der Waals surface area contributed by atoms with Crippen LogP contribution < -0.4 is 14.4 Å². The van der Waals surface area contributed by atoms with Gasteiger partial charge in [-0.25, -0.2) is 8.42 Å². The molecule has 1 atom stereocenters. The highest BCUT2D eigenvalue weighted by atomic mass is 35.5. The molecule has 0 heterocycles. The normalized spacial score (nSPS) is 12.1. The lowest BCUT2D eigenvalue weighted by Crippen LogP contribution is -2.52. The van der Waals surface area contributed by atoms with Crippen molar-refractivity contribution >= 4 is 50.7 Å². The van der Waals surface area contributed by atoms with Crippen molar-refractivity contribution in [3.05, 3.63) is 87.4 Å². The molecule has 0 saturated carbocycles. The third-order valence-corrected chi connectivity index (χ3v) is 8.94. The van der Waals surface area contributed by atoms with Gasteiger partial charge in [0.1, 0.15) is 18.3 Å². The molecule has 3 rings (SSSR count). The summed E-state index contributed by atoms with van der Waals surface area (Å²) in [5, 5.41) is 3.47. The molecule has 0 aliphatic heterocycles. The monoisotopic (exact) mass is 619 g/mol. The molecule has 11 heteroatoms. The molecular weight excluding hydrogens is 585 g/mol. The molecule has 0 aliphatic rings. The maximum Gasteiger partial charge on any atom is 0.264 e. The first-order chi connectivity index (χ1) is 19.2. The van der Waals surface area contributed by atoms with Crippen LogP contribution in [0.1, 0.15) is 37.5 Å². The number of ether oxygens (including phenoxy) is 1. The fourth-order valence-corrected chi connectivity index (χ4v) is 5.91. The van der Waals surface area contributed by atoms with E-state index < -0.39 is 28.5 Å². The number of aryl methyl sites for hydroxylation is 2. The predicted molar refractivity (Wildman–Crippen MR) is 163 cm³/mol. The number of hydrogen-bond donors (Lipinski definition) is 1. The Morgan fingerprint density at radius 3 is 2.12 bits per heavy atom. The molecule has 0 bridgehead atoms. The number of methoxy groups -OCH3 is 1. The fourth-order valence-electron chi connectivity index (χ4n) is 4.17. The number of nitrogens with zero attached hydrogens (tertiary/aromatic N) is 2. The number of hydrogen-bond acceptors (Lipinski definition) is 5. The van der Waals surface area contributed by atoms with Crippen LogP contribution in [0, 0.1) is 13.8 Å². The van der Waals surface area contributed by atoms with Crippen LogP contribution in [0.3, 0.4) is 0 Å². The van der Waals surface area contributed by atoms with Crippen molar-refractivity contribution < 1.29 is 22.7 Å². The van der Waals surface area contributed by atoms with Crippen molar-refractivity contribution in [1.29, 1.82) is 0 Å². The van der Waals surface area contributed by atoms with Gasteiger partial charge in [-0.15, -0.1) is 0 Å². The lowest BCUT2D eigenvalue weighted by atomic mass is 10.1. The van der Waals surface area contributed by atoms with Crippen molar-refractivity contribution in [1.82, 2.24) is 10.2 Å². The van der Waals surface area contributed by atoms with E-state index >= 15 is 0 Å². The summed E-state index contributed by atoms with van der Waals surface area (Å²) < 4.78 is 34.6. The summed E-state index contributed by atoms with van der Waals surface area (Å²) in [6.07, 6.45) is 0. The van der Waals surface area contributed by atoms with Crippen LogP contribution in [0.4, 0.5) is 5.69 Å². The van der Waals surface area contributed by atoms with E-state index in [1.54, 1.807) is 55.5 Å². The standard InChI is InChI=1S/C30H35Cl2N3O5S/c1-19(2)33-30(37)22(5)34(17-23-10-13-25(31)26(32)16-23)29(36)18-35(27-15-21(4)9-14-28(27)40-6)41(38,39)24-11-7-20(3)8-12-24/h7-16,19,22H,17-18H2,1-6H3,(H,33,37)/t22-/m0/s1. The fraction of sp³-hybridized carbons (Fsp3) is 0.333. The summed E-state index contributed by atoms with van der Waals surface area (Å²) in [7, 11) is -2.80. The van der Waals surface area contributed by atoms with Crippen LogP contribution in [-0.2, 0) is 26.2 Å². The summed E-state index contributed by atoms with van der Waals surface area (Å²) >= 11 is 12.3. The second-order valence-corrected chi connectivity index (χ2v) is 12.8. The Labute approximate surface area is 252 Å². The number of anilines is 1. The molecule has 0 aliphatic carbocycles. The SMILES string of the molecule is COc1ccc(C)cc1N(CC(=O)N(Cc1ccc(Cl)c(Cl)c1)[C@@H](C)C(=O)NC(C)C)S(=O)(=O)c1ccc(C)cc1. The van der Waals surface area contributed by atoms with E-state index in [2.05, 4.69) is 5.32 Å². The number of carbonyl (C=O) groups excluding carboxylic acids is 2. The number of halogens is 2. The molecule has 1 N–H and O–H groups in total. The van der Waals surface area contributed by atoms with Crippen molar-refractivity contribution in [2.75, 3.05) is 18.0 Å². The third-order valence-electron chi connectivity index (χ3n) is 6.43. The molecule has 0 unspecified atom stereocenters. The lowest BCUT2D eigenvalue weighted by Gasteiger charge is -2.32. The van der Waals surface area contributed by atoms with Crippen LogP contribution in [0.5, 0.6) is 5.75 Å². The first-order valence-corrected chi connectivity index (χ1v) is 15.2. The second-order valence-electron chi connectivity index (χ2n) is 10.1. The Hall–Kier alpha value is -3.27. The molecule has 220 valence electrons. The van der Waals surface area contributed by atoms with Gasteiger partial charge in [0.25, 0.3) is 10.0 Å². The van der Waals surface area contributed by atoms with Crippen LogP contribution >= 0.6 is 23.2 Å². The minimum atomic E-state index is -4.23. The van der Waals surface area contributed by atoms with Gasteiger partial charge in [-0.1, -0.05) is 53.0 Å². The van der Waals surface area contributed by atoms with Crippen molar-refractivity contribution in [3.8, 4) is 5.75 Å². The van der Waals surface area contributed by atoms with E-state index in [-0.39, 0.29) is 34.8 Å². The summed E-state index contributed by atoms with van der Waals surface area (Å²) in [6.45, 7) is 8.30. The molecule has 0 aromatic heterocycles. The summed E-state index contributed by atoms with van der Waals surface area (Å²) in [5.74, 6) is -0.697.